The lowest BCUT2D eigenvalue weighted by atomic mass is 9.92. The monoisotopic (exact) mass is 374 g/mol. The van der Waals surface area contributed by atoms with Crippen LogP contribution >= 0.6 is 12.8 Å². The van der Waals surface area contributed by atoms with Crippen molar-refractivity contribution >= 4 is 36.2 Å². The predicted molar refractivity (Wildman–Crippen MR) is 106 cm³/mol. The van der Waals surface area contributed by atoms with E-state index in [0.717, 1.165) is 15.4 Å². The molecule has 0 N–H and O–H groups in total. The van der Waals surface area contributed by atoms with Crippen LogP contribution < -0.4 is 4.90 Å². The third-order valence-corrected chi connectivity index (χ3v) is 5.02. The summed E-state index contributed by atoms with van der Waals surface area (Å²) in [5.74, 6) is -0.902. The zero-order valence-electron chi connectivity index (χ0n) is 15.9. The largest absolute Gasteiger partial charge is 0.274 e. The number of para-hydroxylation sites is 1. The number of hydrogen-bond donors (Lipinski definition) is 1. The van der Waals surface area contributed by atoms with Crippen LogP contribution in [-0.4, -0.2) is 28.1 Å². The van der Waals surface area contributed by atoms with Crippen molar-refractivity contribution in [3.8, 4) is 0 Å². The van der Waals surface area contributed by atoms with Crippen LogP contribution in [0.1, 0.15) is 64.0 Å². The summed E-state index contributed by atoms with van der Waals surface area (Å²) in [7, 11) is 0. The van der Waals surface area contributed by atoms with Crippen molar-refractivity contribution in [3.05, 3.63) is 41.5 Å². The fourth-order valence-corrected chi connectivity index (χ4v) is 3.50. The highest BCUT2D eigenvalue weighted by Gasteiger charge is 2.45. The lowest BCUT2D eigenvalue weighted by Gasteiger charge is -2.26. The van der Waals surface area contributed by atoms with Crippen LogP contribution in [0.25, 0.3) is 0 Å². The van der Waals surface area contributed by atoms with Gasteiger partial charge in [-0.1, -0.05) is 65.3 Å². The van der Waals surface area contributed by atoms with E-state index in [1.807, 2.05) is 45.9 Å². The second kappa shape index (κ2) is 7.66. The number of nitrogens with zero attached hydrogens (tertiary/aromatic N) is 2. The fourth-order valence-electron chi connectivity index (χ4n) is 3.15. The summed E-state index contributed by atoms with van der Waals surface area (Å²) in [5.41, 5.74) is 2.80. The Morgan fingerprint density at radius 1 is 1.19 bits per heavy atom. The quantitative estimate of drug-likeness (QED) is 0.484. The molecular weight excluding hydrogens is 348 g/mol. The fraction of sp³-hybridized carbons (Fsp3) is 0.450. The molecule has 0 bridgehead atoms. The average molecular weight is 375 g/mol. The summed E-state index contributed by atoms with van der Waals surface area (Å²) in [5, 5.41) is 0. The first kappa shape index (κ1) is 20.2. The topological polar surface area (TPSA) is 57.7 Å². The third-order valence-electron chi connectivity index (χ3n) is 4.56. The Morgan fingerprint density at radius 3 is 2.12 bits per heavy atom. The highest BCUT2D eigenvalue weighted by Crippen LogP contribution is 2.38. The molecule has 140 valence electrons. The molecule has 1 unspecified atom stereocenters. The van der Waals surface area contributed by atoms with Gasteiger partial charge >= 0.3 is 0 Å². The standard InChI is InChI=1S/C20H26N2O3S/c1-11(2)14-8-7-9-15(12(3)4)18(14)21-17(23)10-16(20(21)25)22(26)19(24)13(5)6/h7-9,11-12,16,26H,5,10H2,1-4,6H3. The van der Waals surface area contributed by atoms with Crippen molar-refractivity contribution in [1.29, 1.82) is 0 Å². The minimum atomic E-state index is -0.921. The Morgan fingerprint density at radius 2 is 1.69 bits per heavy atom. The van der Waals surface area contributed by atoms with Gasteiger partial charge in [0.25, 0.3) is 11.8 Å². The summed E-state index contributed by atoms with van der Waals surface area (Å²) in [4.78, 5) is 39.2. The van der Waals surface area contributed by atoms with Crippen LogP contribution in [0.2, 0.25) is 0 Å². The van der Waals surface area contributed by atoms with Gasteiger partial charge in [-0.15, -0.1) is 0 Å². The highest BCUT2D eigenvalue weighted by molar-refractivity contribution is 7.78. The molecule has 1 aromatic carbocycles. The molecule has 1 fully saturated rings. The van der Waals surface area contributed by atoms with Gasteiger partial charge < -0.3 is 0 Å². The van der Waals surface area contributed by atoms with Gasteiger partial charge in [-0.3, -0.25) is 18.7 Å². The Bertz CT molecular complexity index is 744. The normalized spacial score (nSPS) is 17.4. The molecule has 1 saturated heterocycles. The minimum Gasteiger partial charge on any atom is -0.274 e. The summed E-state index contributed by atoms with van der Waals surface area (Å²) in [6.07, 6.45) is -0.0781. The van der Waals surface area contributed by atoms with E-state index in [1.54, 1.807) is 6.92 Å². The number of benzene rings is 1. The van der Waals surface area contributed by atoms with Gasteiger partial charge in [0.2, 0.25) is 5.91 Å². The third kappa shape index (κ3) is 3.56. The van der Waals surface area contributed by atoms with Crippen molar-refractivity contribution in [2.45, 2.75) is 58.9 Å². The van der Waals surface area contributed by atoms with Gasteiger partial charge in [-0.2, -0.15) is 0 Å². The molecule has 2 rings (SSSR count). The van der Waals surface area contributed by atoms with E-state index in [9.17, 15) is 14.4 Å². The van der Waals surface area contributed by atoms with Crippen molar-refractivity contribution < 1.29 is 14.4 Å². The SMILES string of the molecule is C=C(C)C(=O)N(S)C1CC(=O)N(c2c(C(C)C)cccc2C(C)C)C1=O. The zero-order valence-corrected chi connectivity index (χ0v) is 16.8. The van der Waals surface area contributed by atoms with Gasteiger partial charge in [0, 0.05) is 5.57 Å². The van der Waals surface area contributed by atoms with Crippen molar-refractivity contribution in [2.24, 2.45) is 0 Å². The number of thiol groups is 1. The molecule has 5 nitrogen and oxygen atoms in total. The maximum absolute atomic E-state index is 13.1. The maximum Gasteiger partial charge on any atom is 0.259 e. The van der Waals surface area contributed by atoms with Crippen LogP contribution in [0.15, 0.2) is 30.4 Å². The van der Waals surface area contributed by atoms with Crippen LogP contribution in [0, 0.1) is 0 Å². The molecule has 6 heteroatoms. The van der Waals surface area contributed by atoms with Crippen molar-refractivity contribution in [2.75, 3.05) is 4.90 Å². The molecule has 1 heterocycles. The first-order valence-electron chi connectivity index (χ1n) is 8.75. The second-order valence-corrected chi connectivity index (χ2v) is 7.74. The summed E-state index contributed by atoms with van der Waals surface area (Å²) in [6.45, 7) is 13.3. The lowest BCUT2D eigenvalue weighted by Crippen LogP contribution is -2.41. The van der Waals surface area contributed by atoms with Gasteiger partial charge in [-0.25, -0.2) is 4.90 Å². The molecule has 0 aromatic heterocycles. The molecule has 1 aliphatic heterocycles. The number of imide groups is 1. The number of amides is 3. The Hall–Kier alpha value is -2.08. The number of hydrogen-bond acceptors (Lipinski definition) is 4. The molecule has 1 aliphatic rings. The Balaban J connectivity index is 2.53. The van der Waals surface area contributed by atoms with Crippen molar-refractivity contribution in [3.63, 3.8) is 0 Å². The number of rotatable bonds is 5. The second-order valence-electron chi connectivity index (χ2n) is 7.31. The summed E-state index contributed by atoms with van der Waals surface area (Å²) < 4.78 is 1.02. The zero-order chi connectivity index (χ0) is 19.8. The summed E-state index contributed by atoms with van der Waals surface area (Å²) in [6, 6.07) is 4.91. The van der Waals surface area contributed by atoms with Gasteiger partial charge in [-0.05, 0) is 29.9 Å². The molecule has 0 aliphatic carbocycles. The molecule has 1 aromatic rings. The predicted octanol–water partition coefficient (Wildman–Crippen LogP) is 3.81. The van der Waals surface area contributed by atoms with Crippen molar-refractivity contribution in [1.82, 2.24) is 4.31 Å². The molecule has 0 spiro atoms. The average Bonchev–Trinajstić information content (AvgIpc) is 2.86. The first-order chi connectivity index (χ1) is 12.1. The van der Waals surface area contributed by atoms with E-state index < -0.39 is 17.9 Å². The van der Waals surface area contributed by atoms with Crippen LogP contribution in [0.4, 0.5) is 5.69 Å². The number of carbonyl (C=O) groups excluding carboxylic acids is 3. The molecule has 0 radical (unpaired) electrons. The van der Waals surface area contributed by atoms with Gasteiger partial charge in [0.1, 0.15) is 6.04 Å². The van der Waals surface area contributed by atoms with Crippen LogP contribution in [-0.2, 0) is 14.4 Å². The smallest absolute Gasteiger partial charge is 0.259 e. The molecule has 26 heavy (non-hydrogen) atoms. The van der Waals surface area contributed by atoms with E-state index >= 15 is 0 Å². The van der Waals surface area contributed by atoms with E-state index in [1.165, 1.54) is 4.90 Å². The highest BCUT2D eigenvalue weighted by atomic mass is 32.1. The molecule has 1 atom stereocenters. The van der Waals surface area contributed by atoms with E-state index in [0.29, 0.717) is 5.69 Å². The molecule has 0 saturated carbocycles. The van der Waals surface area contributed by atoms with E-state index in [2.05, 4.69) is 19.4 Å². The minimum absolute atomic E-state index is 0.0781. The molecular formula is C20H26N2O3S. The van der Waals surface area contributed by atoms with E-state index in [-0.39, 0.29) is 29.7 Å². The molecule has 3 amide bonds. The van der Waals surface area contributed by atoms with Crippen LogP contribution in [0.3, 0.4) is 0 Å². The first-order valence-corrected chi connectivity index (χ1v) is 9.15. The van der Waals surface area contributed by atoms with Crippen LogP contribution in [0.5, 0.6) is 0 Å². The number of carbonyl (C=O) groups is 3. The number of anilines is 1. The van der Waals surface area contributed by atoms with Gasteiger partial charge in [0.05, 0.1) is 12.1 Å². The Kier molecular flexibility index (Phi) is 5.96. The maximum atomic E-state index is 13.1. The summed E-state index contributed by atoms with van der Waals surface area (Å²) >= 11 is 4.17. The van der Waals surface area contributed by atoms with E-state index in [4.69, 9.17) is 0 Å². The van der Waals surface area contributed by atoms with Gasteiger partial charge in [0.15, 0.2) is 0 Å². The Labute approximate surface area is 160 Å². The lowest BCUT2D eigenvalue weighted by molar-refractivity contribution is -0.129.